The molecule has 1 N–H and O–H groups in total. The van der Waals surface area contributed by atoms with Gasteiger partial charge in [0.25, 0.3) is 0 Å². The number of rotatable bonds is 7. The van der Waals surface area contributed by atoms with Gasteiger partial charge in [-0.1, -0.05) is 42.5 Å². The topological polar surface area (TPSA) is 38.7 Å². The molecule has 0 aliphatic heterocycles. The molecule has 0 heterocycles. The first-order chi connectivity index (χ1) is 8.22. The molecule has 1 aromatic rings. The van der Waals surface area contributed by atoms with Crippen molar-refractivity contribution in [3.05, 3.63) is 48.0 Å². The van der Waals surface area contributed by atoms with E-state index in [4.69, 9.17) is 9.47 Å². The molecule has 0 saturated heterocycles. The lowest BCUT2D eigenvalue weighted by Crippen LogP contribution is -2.13. The molecule has 3 nitrogen and oxygen atoms in total. The Morgan fingerprint density at radius 2 is 1.94 bits per heavy atom. The summed E-state index contributed by atoms with van der Waals surface area (Å²) in [7, 11) is 1.63. The highest BCUT2D eigenvalue weighted by Crippen LogP contribution is 2.01. The highest BCUT2D eigenvalue weighted by molar-refractivity contribution is 5.13. The highest BCUT2D eigenvalue weighted by atomic mass is 16.5. The van der Waals surface area contributed by atoms with E-state index >= 15 is 0 Å². The number of aliphatic hydroxyl groups is 1. The molecule has 0 aliphatic carbocycles. The Morgan fingerprint density at radius 1 is 1.24 bits per heavy atom. The second-order valence-electron chi connectivity index (χ2n) is 3.89. The molecule has 1 rings (SSSR count). The lowest BCUT2D eigenvalue weighted by molar-refractivity contribution is 0.0496. The lowest BCUT2D eigenvalue weighted by Gasteiger charge is -2.08. The van der Waals surface area contributed by atoms with Crippen molar-refractivity contribution in [1.82, 2.24) is 0 Å². The van der Waals surface area contributed by atoms with Crippen LogP contribution in [-0.2, 0) is 16.1 Å². The van der Waals surface area contributed by atoms with Crippen LogP contribution in [-0.4, -0.2) is 31.0 Å². The predicted octanol–water partition coefficient (Wildman–Crippen LogP) is 2.16. The molecule has 0 aliphatic rings. The summed E-state index contributed by atoms with van der Waals surface area (Å²) in [6.07, 6.45) is 2.94. The molecule has 0 radical (unpaired) electrons. The van der Waals surface area contributed by atoms with Crippen molar-refractivity contribution in [2.75, 3.05) is 13.7 Å². The maximum absolute atomic E-state index is 9.60. The van der Waals surface area contributed by atoms with Crippen LogP contribution >= 0.6 is 0 Å². The average Bonchev–Trinajstić information content (AvgIpc) is 2.37. The van der Waals surface area contributed by atoms with Crippen LogP contribution in [0.5, 0.6) is 0 Å². The number of aliphatic hydroxyl groups excluding tert-OH is 1. The van der Waals surface area contributed by atoms with Crippen molar-refractivity contribution in [1.29, 1.82) is 0 Å². The van der Waals surface area contributed by atoms with Crippen LogP contribution in [0.15, 0.2) is 42.5 Å². The second-order valence-corrected chi connectivity index (χ2v) is 3.89. The van der Waals surface area contributed by atoms with Gasteiger partial charge in [0.2, 0.25) is 0 Å². The molecule has 0 fully saturated rings. The van der Waals surface area contributed by atoms with E-state index in [1.165, 1.54) is 0 Å². The molecular formula is C14H20O3. The zero-order chi connectivity index (χ0) is 12.5. The molecule has 3 heteroatoms. The second kappa shape index (κ2) is 8.01. The highest BCUT2D eigenvalue weighted by Gasteiger charge is 2.00. The Hall–Kier alpha value is -1.16. The molecule has 0 spiro atoms. The molecule has 94 valence electrons. The molecule has 1 aromatic carbocycles. The number of benzene rings is 1. The van der Waals surface area contributed by atoms with Crippen molar-refractivity contribution in [2.24, 2.45) is 0 Å². The monoisotopic (exact) mass is 236 g/mol. The zero-order valence-corrected chi connectivity index (χ0v) is 10.4. The van der Waals surface area contributed by atoms with E-state index < -0.39 is 6.10 Å². The minimum Gasteiger partial charge on any atom is -0.387 e. The number of hydrogen-bond donors (Lipinski definition) is 1. The fourth-order valence-electron chi connectivity index (χ4n) is 1.29. The summed E-state index contributed by atoms with van der Waals surface area (Å²) in [6, 6.07) is 9.89. The van der Waals surface area contributed by atoms with Crippen LogP contribution in [0.1, 0.15) is 12.5 Å². The molecule has 0 bridgehead atoms. The lowest BCUT2D eigenvalue weighted by atomic mass is 10.2. The van der Waals surface area contributed by atoms with E-state index in [2.05, 4.69) is 0 Å². The minimum absolute atomic E-state index is 0.0128. The zero-order valence-electron chi connectivity index (χ0n) is 10.4. The third kappa shape index (κ3) is 6.22. The Kier molecular flexibility index (Phi) is 6.55. The van der Waals surface area contributed by atoms with Gasteiger partial charge in [-0.05, 0) is 12.5 Å². The van der Waals surface area contributed by atoms with Gasteiger partial charge in [0.15, 0.2) is 0 Å². The maximum Gasteiger partial charge on any atom is 0.0955 e. The summed E-state index contributed by atoms with van der Waals surface area (Å²) >= 11 is 0. The molecular weight excluding hydrogens is 216 g/mol. The fourth-order valence-corrected chi connectivity index (χ4v) is 1.29. The first-order valence-corrected chi connectivity index (χ1v) is 5.73. The number of hydrogen-bond acceptors (Lipinski definition) is 3. The van der Waals surface area contributed by atoms with E-state index in [1.54, 1.807) is 13.2 Å². The van der Waals surface area contributed by atoms with Gasteiger partial charge in [-0.25, -0.2) is 0 Å². The third-order valence-electron chi connectivity index (χ3n) is 2.38. The van der Waals surface area contributed by atoms with Crippen LogP contribution in [0.2, 0.25) is 0 Å². The van der Waals surface area contributed by atoms with Gasteiger partial charge in [-0.15, -0.1) is 0 Å². The van der Waals surface area contributed by atoms with Crippen LogP contribution in [0.4, 0.5) is 0 Å². The van der Waals surface area contributed by atoms with Crippen LogP contribution in [0.25, 0.3) is 0 Å². The number of methoxy groups -OCH3 is 1. The summed E-state index contributed by atoms with van der Waals surface area (Å²) in [5.74, 6) is 0. The Balaban J connectivity index is 2.20. The standard InChI is InChI=1S/C14H20O3/c1-12(16-2)8-9-14(15)11-17-10-13-6-4-3-5-7-13/h3-9,12,14-15H,10-11H2,1-2H3/b9-8+/t12-,14+/m0/s1. The van der Waals surface area contributed by atoms with E-state index in [0.29, 0.717) is 13.2 Å². The molecule has 17 heavy (non-hydrogen) atoms. The molecule has 0 amide bonds. The fraction of sp³-hybridized carbons (Fsp3) is 0.429. The number of ether oxygens (including phenoxy) is 2. The van der Waals surface area contributed by atoms with Gasteiger partial charge in [-0.2, -0.15) is 0 Å². The molecule has 0 aromatic heterocycles. The first kappa shape index (κ1) is 13.9. The van der Waals surface area contributed by atoms with Gasteiger partial charge in [0.05, 0.1) is 25.4 Å². The van der Waals surface area contributed by atoms with E-state index in [-0.39, 0.29) is 6.10 Å². The smallest absolute Gasteiger partial charge is 0.0955 e. The van der Waals surface area contributed by atoms with Crippen molar-refractivity contribution in [3.63, 3.8) is 0 Å². The molecule has 2 atom stereocenters. The van der Waals surface area contributed by atoms with Crippen LogP contribution in [0, 0.1) is 0 Å². The quantitative estimate of drug-likeness (QED) is 0.737. The van der Waals surface area contributed by atoms with E-state index in [0.717, 1.165) is 5.56 Å². The maximum atomic E-state index is 9.60. The Labute approximate surface area is 103 Å². The van der Waals surface area contributed by atoms with Gasteiger partial charge in [-0.3, -0.25) is 0 Å². The summed E-state index contributed by atoms with van der Waals surface area (Å²) in [6.45, 7) is 2.72. The molecule has 0 unspecified atom stereocenters. The van der Waals surface area contributed by atoms with E-state index in [9.17, 15) is 5.11 Å². The van der Waals surface area contributed by atoms with Gasteiger partial charge in [0.1, 0.15) is 0 Å². The predicted molar refractivity (Wildman–Crippen MR) is 67.7 cm³/mol. The average molecular weight is 236 g/mol. The van der Waals surface area contributed by atoms with Crippen molar-refractivity contribution in [2.45, 2.75) is 25.7 Å². The van der Waals surface area contributed by atoms with Crippen molar-refractivity contribution < 1.29 is 14.6 Å². The third-order valence-corrected chi connectivity index (χ3v) is 2.38. The van der Waals surface area contributed by atoms with Crippen LogP contribution < -0.4 is 0 Å². The molecule has 0 saturated carbocycles. The minimum atomic E-state index is -0.587. The largest absolute Gasteiger partial charge is 0.387 e. The first-order valence-electron chi connectivity index (χ1n) is 5.73. The Morgan fingerprint density at radius 3 is 2.59 bits per heavy atom. The van der Waals surface area contributed by atoms with Gasteiger partial charge in [0, 0.05) is 7.11 Å². The Bertz CT molecular complexity index is 321. The van der Waals surface area contributed by atoms with Crippen LogP contribution in [0.3, 0.4) is 0 Å². The van der Waals surface area contributed by atoms with Gasteiger partial charge < -0.3 is 14.6 Å². The summed E-state index contributed by atoms with van der Waals surface area (Å²) < 4.78 is 10.4. The van der Waals surface area contributed by atoms with Crippen molar-refractivity contribution in [3.8, 4) is 0 Å². The summed E-state index contributed by atoms with van der Waals surface area (Å²) in [5, 5.41) is 9.60. The normalized spacial score (nSPS) is 15.0. The summed E-state index contributed by atoms with van der Waals surface area (Å²) in [5.41, 5.74) is 1.11. The van der Waals surface area contributed by atoms with Crippen molar-refractivity contribution >= 4 is 0 Å². The summed E-state index contributed by atoms with van der Waals surface area (Å²) in [4.78, 5) is 0. The van der Waals surface area contributed by atoms with Gasteiger partial charge >= 0.3 is 0 Å². The SMILES string of the molecule is CO[C@@H](C)/C=C/[C@@H](O)COCc1ccccc1. The van der Waals surface area contributed by atoms with E-state index in [1.807, 2.05) is 43.3 Å².